The van der Waals surface area contributed by atoms with Gasteiger partial charge in [-0.2, -0.15) is 0 Å². The number of hydrogen-bond donors (Lipinski definition) is 2. The van der Waals surface area contributed by atoms with E-state index in [0.717, 1.165) is 42.1 Å². The number of piperidine rings is 1. The van der Waals surface area contributed by atoms with Crippen LogP contribution in [0.4, 0.5) is 0 Å². The number of rotatable bonds is 2. The molecule has 1 aromatic carbocycles. The van der Waals surface area contributed by atoms with Gasteiger partial charge in [0.1, 0.15) is 5.75 Å². The van der Waals surface area contributed by atoms with Gasteiger partial charge < -0.3 is 10.4 Å². The fourth-order valence-corrected chi connectivity index (χ4v) is 3.60. The molecule has 2 N–H and O–H groups in total. The molecule has 0 bridgehead atoms. The van der Waals surface area contributed by atoms with Crippen LogP contribution >= 0.6 is 15.9 Å². The second-order valence-corrected chi connectivity index (χ2v) is 6.35. The molecule has 2 atom stereocenters. The van der Waals surface area contributed by atoms with Gasteiger partial charge in [-0.15, -0.1) is 0 Å². The highest BCUT2D eigenvalue weighted by molar-refractivity contribution is 9.10. The average molecular weight is 311 g/mol. The number of hydrogen-bond acceptors (Lipinski definition) is 3. The zero-order chi connectivity index (χ0) is 12.5. The van der Waals surface area contributed by atoms with Crippen LogP contribution in [0, 0.1) is 5.92 Å². The van der Waals surface area contributed by atoms with Gasteiger partial charge in [-0.25, -0.2) is 0 Å². The maximum Gasteiger partial charge on any atom is 0.120 e. The van der Waals surface area contributed by atoms with E-state index < -0.39 is 0 Å². The van der Waals surface area contributed by atoms with E-state index in [1.807, 2.05) is 12.1 Å². The maximum atomic E-state index is 9.89. The number of phenolic OH excluding ortho intramolecular Hbond substituents is 1. The fraction of sp³-hybridized carbons (Fsp3) is 0.571. The first kappa shape index (κ1) is 12.5. The van der Waals surface area contributed by atoms with Gasteiger partial charge in [-0.05, 0) is 43.5 Å². The van der Waals surface area contributed by atoms with Crippen LogP contribution < -0.4 is 5.32 Å². The summed E-state index contributed by atoms with van der Waals surface area (Å²) < 4.78 is 1.03. The summed E-state index contributed by atoms with van der Waals surface area (Å²) in [6.07, 6.45) is 2.65. The monoisotopic (exact) mass is 310 g/mol. The van der Waals surface area contributed by atoms with Gasteiger partial charge >= 0.3 is 0 Å². The molecular weight excluding hydrogens is 292 g/mol. The molecule has 4 heteroatoms. The van der Waals surface area contributed by atoms with Gasteiger partial charge in [0.15, 0.2) is 0 Å². The van der Waals surface area contributed by atoms with Crippen molar-refractivity contribution in [3.05, 3.63) is 28.2 Å². The van der Waals surface area contributed by atoms with Crippen LogP contribution in [0.15, 0.2) is 22.7 Å². The summed E-state index contributed by atoms with van der Waals surface area (Å²) >= 11 is 3.46. The van der Waals surface area contributed by atoms with Gasteiger partial charge in [-0.3, -0.25) is 4.90 Å². The number of nitrogens with one attached hydrogen (secondary N) is 1. The van der Waals surface area contributed by atoms with E-state index in [2.05, 4.69) is 26.1 Å². The van der Waals surface area contributed by atoms with Crippen LogP contribution in [0.1, 0.15) is 18.4 Å². The smallest absolute Gasteiger partial charge is 0.120 e. The van der Waals surface area contributed by atoms with E-state index in [0.29, 0.717) is 11.8 Å². The van der Waals surface area contributed by atoms with Crippen molar-refractivity contribution >= 4 is 15.9 Å². The van der Waals surface area contributed by atoms with Crippen LogP contribution in [-0.4, -0.2) is 35.7 Å². The Hall–Kier alpha value is -0.580. The number of halogens is 1. The predicted octanol–water partition coefficient (Wildman–Crippen LogP) is 2.34. The number of nitrogens with zero attached hydrogens (tertiary/aromatic N) is 1. The van der Waals surface area contributed by atoms with Crippen LogP contribution in [0.25, 0.3) is 0 Å². The number of benzene rings is 1. The van der Waals surface area contributed by atoms with Crippen molar-refractivity contribution in [2.24, 2.45) is 5.92 Å². The van der Waals surface area contributed by atoms with E-state index in [1.54, 1.807) is 6.07 Å². The van der Waals surface area contributed by atoms with Crippen molar-refractivity contribution in [2.75, 3.05) is 19.6 Å². The van der Waals surface area contributed by atoms with Crippen LogP contribution in [0.5, 0.6) is 5.75 Å². The lowest BCUT2D eigenvalue weighted by Gasteiger charge is -2.24. The molecule has 1 aromatic rings. The highest BCUT2D eigenvalue weighted by Crippen LogP contribution is 2.29. The Labute approximate surface area is 116 Å². The molecule has 2 saturated heterocycles. The Kier molecular flexibility index (Phi) is 3.59. The summed E-state index contributed by atoms with van der Waals surface area (Å²) in [5.41, 5.74) is 1.02. The Morgan fingerprint density at radius 2 is 2.28 bits per heavy atom. The summed E-state index contributed by atoms with van der Waals surface area (Å²) in [5, 5.41) is 13.5. The molecule has 18 heavy (non-hydrogen) atoms. The first-order chi connectivity index (χ1) is 8.72. The van der Waals surface area contributed by atoms with Crippen molar-refractivity contribution in [1.29, 1.82) is 0 Å². The Balaban J connectivity index is 1.68. The molecule has 0 aliphatic carbocycles. The van der Waals surface area contributed by atoms with Crippen molar-refractivity contribution in [2.45, 2.75) is 25.4 Å². The number of aromatic hydroxyl groups is 1. The predicted molar refractivity (Wildman–Crippen MR) is 75.6 cm³/mol. The third kappa shape index (κ3) is 2.56. The maximum absolute atomic E-state index is 9.89. The van der Waals surface area contributed by atoms with Gasteiger partial charge in [0, 0.05) is 35.7 Å². The molecule has 3 nitrogen and oxygen atoms in total. The molecule has 2 aliphatic heterocycles. The minimum atomic E-state index is 0.404. The normalized spacial score (nSPS) is 28.3. The topological polar surface area (TPSA) is 35.5 Å². The zero-order valence-electron chi connectivity index (χ0n) is 10.4. The zero-order valence-corrected chi connectivity index (χ0v) is 12.0. The molecule has 0 amide bonds. The SMILES string of the molecule is Oc1ccc(Br)cc1CN1CC2CCCNC2C1. The Bertz CT molecular complexity index is 424. The molecule has 0 aromatic heterocycles. The molecule has 98 valence electrons. The van der Waals surface area contributed by atoms with Gasteiger partial charge in [0.05, 0.1) is 0 Å². The number of likely N-dealkylation sites (tertiary alicyclic amines) is 1. The van der Waals surface area contributed by atoms with Crippen molar-refractivity contribution in [3.63, 3.8) is 0 Å². The lowest BCUT2D eigenvalue weighted by molar-refractivity contribution is 0.307. The highest BCUT2D eigenvalue weighted by Gasteiger charge is 2.34. The average Bonchev–Trinajstić information content (AvgIpc) is 2.76. The molecule has 2 unspecified atom stereocenters. The minimum absolute atomic E-state index is 0.404. The van der Waals surface area contributed by atoms with Crippen LogP contribution in [0.2, 0.25) is 0 Å². The fourth-order valence-electron chi connectivity index (χ4n) is 3.19. The van der Waals surface area contributed by atoms with Crippen molar-refractivity contribution < 1.29 is 5.11 Å². The van der Waals surface area contributed by atoms with E-state index in [9.17, 15) is 5.11 Å². The quantitative estimate of drug-likeness (QED) is 0.880. The highest BCUT2D eigenvalue weighted by atomic mass is 79.9. The number of fused-ring (bicyclic) bond motifs is 1. The van der Waals surface area contributed by atoms with Crippen molar-refractivity contribution in [1.82, 2.24) is 10.2 Å². The first-order valence-corrected chi connectivity index (χ1v) is 7.45. The second kappa shape index (κ2) is 5.19. The van der Waals surface area contributed by atoms with E-state index in [1.165, 1.54) is 12.8 Å². The molecule has 2 heterocycles. The van der Waals surface area contributed by atoms with E-state index in [-0.39, 0.29) is 0 Å². The number of phenols is 1. The van der Waals surface area contributed by atoms with E-state index in [4.69, 9.17) is 0 Å². The summed E-state index contributed by atoms with van der Waals surface area (Å²) in [6.45, 7) is 4.28. The third-order valence-corrected chi connectivity index (χ3v) is 4.60. The second-order valence-electron chi connectivity index (χ2n) is 5.43. The Morgan fingerprint density at radius 1 is 1.39 bits per heavy atom. The summed E-state index contributed by atoms with van der Waals surface area (Å²) in [6, 6.07) is 6.32. The summed E-state index contributed by atoms with van der Waals surface area (Å²) in [7, 11) is 0. The van der Waals surface area contributed by atoms with Crippen LogP contribution in [0.3, 0.4) is 0 Å². The van der Waals surface area contributed by atoms with Crippen molar-refractivity contribution in [3.8, 4) is 5.75 Å². The molecule has 0 saturated carbocycles. The molecule has 2 fully saturated rings. The third-order valence-electron chi connectivity index (χ3n) is 4.11. The summed E-state index contributed by atoms with van der Waals surface area (Å²) in [4.78, 5) is 2.45. The molecule has 2 aliphatic rings. The molecular formula is C14H19BrN2O. The van der Waals surface area contributed by atoms with Gasteiger partial charge in [0.2, 0.25) is 0 Å². The first-order valence-electron chi connectivity index (χ1n) is 6.65. The lowest BCUT2D eigenvalue weighted by Crippen LogP contribution is -2.40. The molecule has 0 radical (unpaired) electrons. The van der Waals surface area contributed by atoms with Gasteiger partial charge in [0.25, 0.3) is 0 Å². The molecule has 0 spiro atoms. The lowest BCUT2D eigenvalue weighted by atomic mass is 9.94. The van der Waals surface area contributed by atoms with Crippen LogP contribution in [-0.2, 0) is 6.54 Å². The Morgan fingerprint density at radius 3 is 3.11 bits per heavy atom. The minimum Gasteiger partial charge on any atom is -0.508 e. The largest absolute Gasteiger partial charge is 0.508 e. The summed E-state index contributed by atoms with van der Waals surface area (Å²) in [5.74, 6) is 1.20. The van der Waals surface area contributed by atoms with E-state index >= 15 is 0 Å². The molecule has 3 rings (SSSR count). The standard InChI is InChI=1S/C14H19BrN2O/c15-12-3-4-14(18)11(6-12)8-17-7-10-2-1-5-16-13(10)9-17/h3-4,6,10,13,16,18H,1-2,5,7-9H2. The van der Waals surface area contributed by atoms with Gasteiger partial charge in [-0.1, -0.05) is 15.9 Å².